The largest absolute Gasteiger partial charge is 0.382 e. The number of fused-ring (bicyclic) bond motifs is 2. The van der Waals surface area contributed by atoms with Crippen LogP contribution in [0.5, 0.6) is 0 Å². The van der Waals surface area contributed by atoms with Gasteiger partial charge in [-0.2, -0.15) is 0 Å². The Kier molecular flexibility index (Phi) is 4.05. The number of imidazole rings is 1. The normalized spacial score (nSPS) is 15.8. The fraction of sp³-hybridized carbons (Fsp3) is 0.381. The minimum atomic E-state index is 0.351. The van der Waals surface area contributed by atoms with Crippen molar-refractivity contribution in [3.8, 4) is 11.5 Å². The molecule has 0 saturated carbocycles. The molecule has 0 spiro atoms. The zero-order valence-corrected chi connectivity index (χ0v) is 16.2. The van der Waals surface area contributed by atoms with E-state index in [2.05, 4.69) is 62.3 Å². The van der Waals surface area contributed by atoms with Gasteiger partial charge in [-0.1, -0.05) is 19.9 Å². The molecule has 1 aromatic carbocycles. The topological polar surface area (TPSA) is 108 Å². The van der Waals surface area contributed by atoms with Crippen LogP contribution in [-0.2, 0) is 0 Å². The number of rotatable bonds is 3. The van der Waals surface area contributed by atoms with Gasteiger partial charge in [-0.15, -0.1) is 0 Å². The van der Waals surface area contributed by atoms with E-state index in [4.69, 9.17) is 5.73 Å². The number of H-pyrrole nitrogens is 2. The molecule has 0 radical (unpaired) electrons. The van der Waals surface area contributed by atoms with Gasteiger partial charge in [-0.25, -0.2) is 15.0 Å². The fourth-order valence-corrected chi connectivity index (χ4v) is 4.39. The van der Waals surface area contributed by atoms with E-state index in [1.165, 1.54) is 35.7 Å². The van der Waals surface area contributed by atoms with Gasteiger partial charge in [0.05, 0.1) is 5.69 Å². The highest BCUT2D eigenvalue weighted by molar-refractivity contribution is 5.92. The number of benzene rings is 1. The predicted octanol–water partition coefficient (Wildman–Crippen LogP) is 3.67. The number of hydrogen-bond acceptors (Lipinski definition) is 5. The Bertz CT molecular complexity index is 1150. The molecule has 4 heterocycles. The fourth-order valence-electron chi connectivity index (χ4n) is 4.39. The minimum Gasteiger partial charge on any atom is -0.382 e. The second kappa shape index (κ2) is 6.60. The van der Waals surface area contributed by atoms with E-state index in [0.29, 0.717) is 28.8 Å². The van der Waals surface area contributed by atoms with Crippen molar-refractivity contribution < 1.29 is 0 Å². The maximum atomic E-state index is 5.97. The van der Waals surface area contributed by atoms with Crippen LogP contribution in [0.2, 0.25) is 0 Å². The van der Waals surface area contributed by atoms with Crippen molar-refractivity contribution in [2.45, 2.75) is 38.5 Å². The second-order valence-electron chi connectivity index (χ2n) is 7.94. The van der Waals surface area contributed by atoms with Gasteiger partial charge in [0, 0.05) is 10.9 Å². The molecular weight excluding hydrogens is 350 g/mol. The number of nitrogens with two attached hydrogens (primary N) is 1. The van der Waals surface area contributed by atoms with Crippen LogP contribution in [0.25, 0.3) is 33.6 Å². The van der Waals surface area contributed by atoms with Crippen LogP contribution in [0.3, 0.4) is 0 Å². The molecular formula is C21H25N7. The Balaban J connectivity index is 1.67. The van der Waals surface area contributed by atoms with Crippen LogP contribution in [0.15, 0.2) is 24.5 Å². The van der Waals surface area contributed by atoms with Gasteiger partial charge in [0.2, 0.25) is 0 Å². The first-order valence-electron chi connectivity index (χ1n) is 9.94. The third-order valence-corrected chi connectivity index (χ3v) is 5.80. The molecule has 0 aliphatic carbocycles. The zero-order chi connectivity index (χ0) is 19.3. The van der Waals surface area contributed by atoms with Crippen molar-refractivity contribution in [3.63, 3.8) is 0 Å². The van der Waals surface area contributed by atoms with E-state index in [-0.39, 0.29) is 0 Å². The maximum Gasteiger partial charge on any atom is 0.163 e. The van der Waals surface area contributed by atoms with Gasteiger partial charge in [0.1, 0.15) is 6.33 Å². The Hall–Kier alpha value is -2.93. The molecule has 3 aromatic heterocycles. The van der Waals surface area contributed by atoms with Crippen molar-refractivity contribution >= 4 is 27.9 Å². The molecule has 1 fully saturated rings. The average molecular weight is 375 g/mol. The smallest absolute Gasteiger partial charge is 0.163 e. The van der Waals surface area contributed by atoms with Crippen molar-refractivity contribution in [2.24, 2.45) is 0 Å². The molecule has 1 aliphatic heterocycles. The summed E-state index contributed by atoms with van der Waals surface area (Å²) in [6, 6.07) is 6.85. The highest BCUT2D eigenvalue weighted by Crippen LogP contribution is 2.37. The number of anilines is 1. The van der Waals surface area contributed by atoms with Crippen LogP contribution < -0.4 is 11.1 Å². The summed E-state index contributed by atoms with van der Waals surface area (Å²) in [5.74, 6) is 2.13. The molecule has 0 unspecified atom stereocenters. The van der Waals surface area contributed by atoms with Crippen LogP contribution in [-0.4, -0.2) is 38.0 Å². The van der Waals surface area contributed by atoms with E-state index in [1.54, 1.807) is 0 Å². The van der Waals surface area contributed by atoms with Crippen molar-refractivity contribution in [2.75, 3.05) is 18.8 Å². The van der Waals surface area contributed by atoms with Crippen LogP contribution >= 0.6 is 0 Å². The van der Waals surface area contributed by atoms with Crippen molar-refractivity contribution in [1.29, 1.82) is 0 Å². The minimum absolute atomic E-state index is 0.351. The lowest BCUT2D eigenvalue weighted by Crippen LogP contribution is -2.26. The lowest BCUT2D eigenvalue weighted by molar-refractivity contribution is 0.460. The highest BCUT2D eigenvalue weighted by atomic mass is 15.1. The predicted molar refractivity (Wildman–Crippen MR) is 112 cm³/mol. The number of aromatic nitrogens is 5. The number of piperidine rings is 1. The molecule has 7 heteroatoms. The Labute approximate surface area is 163 Å². The van der Waals surface area contributed by atoms with Crippen molar-refractivity contribution in [3.05, 3.63) is 35.7 Å². The molecule has 144 valence electrons. The lowest BCUT2D eigenvalue weighted by atomic mass is 9.88. The van der Waals surface area contributed by atoms with E-state index >= 15 is 0 Å². The van der Waals surface area contributed by atoms with Crippen LogP contribution in [0.4, 0.5) is 5.82 Å². The van der Waals surface area contributed by atoms with Crippen LogP contribution in [0, 0.1) is 0 Å². The third-order valence-electron chi connectivity index (χ3n) is 5.80. The van der Waals surface area contributed by atoms with E-state index < -0.39 is 0 Å². The Morgan fingerprint density at radius 3 is 2.68 bits per heavy atom. The summed E-state index contributed by atoms with van der Waals surface area (Å²) in [4.78, 5) is 19.9. The molecule has 0 amide bonds. The van der Waals surface area contributed by atoms with E-state index in [1.807, 2.05) is 0 Å². The van der Waals surface area contributed by atoms with Gasteiger partial charge >= 0.3 is 0 Å². The van der Waals surface area contributed by atoms with Gasteiger partial charge in [-0.3, -0.25) is 0 Å². The van der Waals surface area contributed by atoms with Gasteiger partial charge in [0.15, 0.2) is 22.8 Å². The highest BCUT2D eigenvalue weighted by Gasteiger charge is 2.22. The molecule has 0 atom stereocenters. The van der Waals surface area contributed by atoms with Crippen molar-refractivity contribution in [1.82, 2.24) is 30.2 Å². The molecule has 5 rings (SSSR count). The molecule has 1 saturated heterocycles. The summed E-state index contributed by atoms with van der Waals surface area (Å²) in [5.41, 5.74) is 12.1. The van der Waals surface area contributed by atoms with Gasteiger partial charge in [-0.05, 0) is 61.0 Å². The first-order valence-corrected chi connectivity index (χ1v) is 9.94. The van der Waals surface area contributed by atoms with Crippen LogP contribution in [0.1, 0.15) is 49.7 Å². The lowest BCUT2D eigenvalue weighted by Gasteiger charge is -2.23. The molecule has 5 N–H and O–H groups in total. The summed E-state index contributed by atoms with van der Waals surface area (Å²) in [6.07, 6.45) is 3.85. The number of nitrogen functional groups attached to an aromatic ring is 1. The number of nitrogens with zero attached hydrogens (tertiary/aromatic N) is 3. The first kappa shape index (κ1) is 17.2. The molecule has 4 aromatic rings. The summed E-state index contributed by atoms with van der Waals surface area (Å²) in [7, 11) is 0. The number of nitrogens with one attached hydrogen (secondary N) is 3. The summed E-state index contributed by atoms with van der Waals surface area (Å²) < 4.78 is 0. The number of aromatic amines is 2. The SMILES string of the molecule is CC(C)c1c(-c2nc3c(N)ncnc3[nH]2)[nH]c2ccc(C3CCNCC3)cc12. The molecule has 1 aliphatic rings. The number of hydrogen-bond donors (Lipinski definition) is 4. The quantitative estimate of drug-likeness (QED) is 0.437. The summed E-state index contributed by atoms with van der Waals surface area (Å²) >= 11 is 0. The zero-order valence-electron chi connectivity index (χ0n) is 16.2. The second-order valence-corrected chi connectivity index (χ2v) is 7.94. The van der Waals surface area contributed by atoms with Gasteiger partial charge in [0.25, 0.3) is 0 Å². The maximum absolute atomic E-state index is 5.97. The summed E-state index contributed by atoms with van der Waals surface area (Å²) in [5, 5.41) is 4.73. The molecule has 0 bridgehead atoms. The Morgan fingerprint density at radius 1 is 1.11 bits per heavy atom. The monoisotopic (exact) mass is 375 g/mol. The molecule has 28 heavy (non-hydrogen) atoms. The summed E-state index contributed by atoms with van der Waals surface area (Å²) in [6.45, 7) is 6.64. The third kappa shape index (κ3) is 2.74. The van der Waals surface area contributed by atoms with E-state index in [9.17, 15) is 0 Å². The molecule has 7 nitrogen and oxygen atoms in total. The van der Waals surface area contributed by atoms with E-state index in [0.717, 1.165) is 30.1 Å². The Morgan fingerprint density at radius 2 is 1.93 bits per heavy atom. The standard InChI is InChI=1S/C21H25N7/c1-11(2)16-14-9-13(12-5-7-23-8-6-12)3-4-15(14)26-17(16)21-27-18-19(22)24-10-25-20(18)28-21/h3-4,9-12,23,26H,5-8H2,1-2H3,(H3,22,24,25,27,28). The average Bonchev–Trinajstić information content (AvgIpc) is 3.30. The first-order chi connectivity index (χ1) is 13.6. The van der Waals surface area contributed by atoms with Gasteiger partial charge < -0.3 is 21.0 Å².